The maximum atomic E-state index is 12.4. The summed E-state index contributed by atoms with van der Waals surface area (Å²) >= 11 is 0. The zero-order valence-electron chi connectivity index (χ0n) is 10.8. The fraction of sp³-hybridized carbons (Fsp3) is 0.667. The molecule has 1 aromatic heterocycles. The van der Waals surface area contributed by atoms with Crippen LogP contribution in [0.5, 0.6) is 0 Å². The first-order valence-corrected chi connectivity index (χ1v) is 7.69. The Balaban J connectivity index is 2.25. The van der Waals surface area contributed by atoms with E-state index in [-0.39, 0.29) is 11.5 Å². The highest BCUT2D eigenvalue weighted by atomic mass is 32.2. The molecular formula is C12H20N2O3S. The topological polar surface area (TPSA) is 62.5 Å². The van der Waals surface area contributed by atoms with E-state index in [2.05, 4.69) is 6.92 Å². The van der Waals surface area contributed by atoms with E-state index in [0.717, 1.165) is 12.8 Å². The van der Waals surface area contributed by atoms with Crippen molar-refractivity contribution in [2.24, 2.45) is 13.0 Å². The van der Waals surface area contributed by atoms with E-state index < -0.39 is 10.0 Å². The maximum absolute atomic E-state index is 12.4. The van der Waals surface area contributed by atoms with E-state index in [4.69, 9.17) is 5.11 Å². The summed E-state index contributed by atoms with van der Waals surface area (Å²) in [4.78, 5) is 0.283. The summed E-state index contributed by atoms with van der Waals surface area (Å²) in [7, 11) is -1.65. The predicted molar refractivity (Wildman–Crippen MR) is 68.5 cm³/mol. The highest BCUT2D eigenvalue weighted by Gasteiger charge is 2.32. The lowest BCUT2D eigenvalue weighted by Crippen LogP contribution is -2.28. The fourth-order valence-electron chi connectivity index (χ4n) is 2.37. The van der Waals surface area contributed by atoms with Gasteiger partial charge >= 0.3 is 0 Å². The number of aryl methyl sites for hydroxylation is 1. The van der Waals surface area contributed by atoms with Gasteiger partial charge in [-0.25, -0.2) is 8.42 Å². The van der Waals surface area contributed by atoms with Crippen molar-refractivity contribution in [2.45, 2.75) is 31.3 Å². The third-order valence-corrected chi connectivity index (χ3v) is 5.54. The third kappa shape index (κ3) is 2.32. The number of aromatic nitrogens is 1. The summed E-state index contributed by atoms with van der Waals surface area (Å²) in [6.45, 7) is 3.16. The summed E-state index contributed by atoms with van der Waals surface area (Å²) < 4.78 is 28.0. The van der Waals surface area contributed by atoms with Crippen molar-refractivity contribution in [1.82, 2.24) is 8.87 Å². The van der Waals surface area contributed by atoms with Gasteiger partial charge in [-0.05, 0) is 18.4 Å². The molecule has 0 aromatic carbocycles. The molecule has 1 aliphatic rings. The summed E-state index contributed by atoms with van der Waals surface area (Å²) in [6, 6.07) is 1.55. The molecule has 0 spiro atoms. The van der Waals surface area contributed by atoms with Crippen LogP contribution < -0.4 is 0 Å². The number of nitrogens with zero attached hydrogens (tertiary/aromatic N) is 2. The molecule has 18 heavy (non-hydrogen) atoms. The van der Waals surface area contributed by atoms with Gasteiger partial charge in [-0.2, -0.15) is 4.31 Å². The van der Waals surface area contributed by atoms with Crippen LogP contribution in [-0.2, 0) is 23.7 Å². The SMILES string of the molecule is CCC1CCN(S(=O)(=O)c2cc(CO)n(C)c2)C1. The van der Waals surface area contributed by atoms with Crippen LogP contribution in [0.1, 0.15) is 25.5 Å². The predicted octanol–water partition coefficient (Wildman–Crippen LogP) is 0.938. The lowest BCUT2D eigenvalue weighted by molar-refractivity contribution is 0.272. The zero-order valence-corrected chi connectivity index (χ0v) is 11.7. The highest BCUT2D eigenvalue weighted by molar-refractivity contribution is 7.89. The van der Waals surface area contributed by atoms with Crippen molar-refractivity contribution < 1.29 is 13.5 Å². The van der Waals surface area contributed by atoms with Crippen molar-refractivity contribution in [3.63, 3.8) is 0 Å². The van der Waals surface area contributed by atoms with Crippen molar-refractivity contribution in [2.75, 3.05) is 13.1 Å². The van der Waals surface area contributed by atoms with E-state index >= 15 is 0 Å². The van der Waals surface area contributed by atoms with Crippen molar-refractivity contribution in [3.05, 3.63) is 18.0 Å². The fourth-order valence-corrected chi connectivity index (χ4v) is 4.00. The van der Waals surface area contributed by atoms with Crippen LogP contribution in [0, 0.1) is 5.92 Å². The monoisotopic (exact) mass is 272 g/mol. The average Bonchev–Trinajstić information content (AvgIpc) is 2.95. The van der Waals surface area contributed by atoms with Gasteiger partial charge in [0.25, 0.3) is 0 Å². The molecule has 0 bridgehead atoms. The lowest BCUT2D eigenvalue weighted by atomic mass is 10.1. The Kier molecular flexibility index (Phi) is 3.79. The minimum Gasteiger partial charge on any atom is -0.390 e. The number of hydrogen-bond donors (Lipinski definition) is 1. The molecule has 1 N–H and O–H groups in total. The van der Waals surface area contributed by atoms with E-state index in [1.165, 1.54) is 0 Å². The molecule has 0 aliphatic carbocycles. The van der Waals surface area contributed by atoms with E-state index in [9.17, 15) is 8.42 Å². The molecule has 2 rings (SSSR count). The van der Waals surface area contributed by atoms with Gasteiger partial charge < -0.3 is 9.67 Å². The molecule has 1 aliphatic heterocycles. The molecule has 2 heterocycles. The molecular weight excluding hydrogens is 252 g/mol. The number of rotatable bonds is 4. The molecule has 1 saturated heterocycles. The minimum atomic E-state index is -3.39. The second kappa shape index (κ2) is 5.03. The van der Waals surface area contributed by atoms with Crippen LogP contribution >= 0.6 is 0 Å². The smallest absolute Gasteiger partial charge is 0.244 e. The van der Waals surface area contributed by atoms with Gasteiger partial charge in [-0.3, -0.25) is 0 Å². The van der Waals surface area contributed by atoms with Gasteiger partial charge in [0.2, 0.25) is 10.0 Å². The number of sulfonamides is 1. The summed E-state index contributed by atoms with van der Waals surface area (Å²) in [5.74, 6) is 0.473. The highest BCUT2D eigenvalue weighted by Crippen LogP contribution is 2.26. The standard InChI is InChI=1S/C12H20N2O3S/c1-3-10-4-5-14(7-10)18(16,17)12-6-11(9-15)13(2)8-12/h6,8,10,15H,3-5,7,9H2,1-2H3. The molecule has 0 radical (unpaired) electrons. The molecule has 1 unspecified atom stereocenters. The van der Waals surface area contributed by atoms with Gasteiger partial charge in [-0.1, -0.05) is 13.3 Å². The number of aliphatic hydroxyl groups is 1. The maximum Gasteiger partial charge on any atom is 0.244 e. The van der Waals surface area contributed by atoms with E-state index in [1.54, 1.807) is 28.2 Å². The molecule has 1 fully saturated rings. The molecule has 5 nitrogen and oxygen atoms in total. The first-order valence-electron chi connectivity index (χ1n) is 6.25. The Morgan fingerprint density at radius 1 is 1.50 bits per heavy atom. The molecule has 1 aromatic rings. The summed E-state index contributed by atoms with van der Waals surface area (Å²) in [5.41, 5.74) is 0.611. The third-order valence-electron chi connectivity index (χ3n) is 3.71. The molecule has 1 atom stereocenters. The Bertz CT molecular complexity index is 521. The van der Waals surface area contributed by atoms with Gasteiger partial charge in [-0.15, -0.1) is 0 Å². The van der Waals surface area contributed by atoms with Gasteiger partial charge in [0.05, 0.1) is 6.61 Å². The van der Waals surface area contributed by atoms with Crippen molar-refractivity contribution in [1.29, 1.82) is 0 Å². The average molecular weight is 272 g/mol. The van der Waals surface area contributed by atoms with Crippen molar-refractivity contribution in [3.8, 4) is 0 Å². The first kappa shape index (κ1) is 13.6. The van der Waals surface area contributed by atoms with Crippen LogP contribution in [0.2, 0.25) is 0 Å². The quantitative estimate of drug-likeness (QED) is 0.887. The van der Waals surface area contributed by atoms with Crippen LogP contribution in [0.4, 0.5) is 0 Å². The van der Waals surface area contributed by atoms with E-state index in [0.29, 0.717) is 24.7 Å². The first-order chi connectivity index (χ1) is 8.48. The zero-order chi connectivity index (χ0) is 13.3. The Labute approximate surface area is 108 Å². The Morgan fingerprint density at radius 2 is 2.22 bits per heavy atom. The molecule has 102 valence electrons. The summed E-state index contributed by atoms with van der Waals surface area (Å²) in [6.07, 6.45) is 3.53. The number of hydrogen-bond acceptors (Lipinski definition) is 3. The van der Waals surface area contributed by atoms with Crippen LogP contribution in [0.25, 0.3) is 0 Å². The van der Waals surface area contributed by atoms with Crippen LogP contribution in [-0.4, -0.2) is 35.5 Å². The van der Waals surface area contributed by atoms with Gasteiger partial charge in [0.1, 0.15) is 4.90 Å². The lowest BCUT2D eigenvalue weighted by Gasteiger charge is -2.15. The largest absolute Gasteiger partial charge is 0.390 e. The van der Waals surface area contributed by atoms with Gasteiger partial charge in [0, 0.05) is 32.0 Å². The van der Waals surface area contributed by atoms with Crippen LogP contribution in [0.3, 0.4) is 0 Å². The molecule has 0 saturated carbocycles. The second-order valence-corrected chi connectivity index (χ2v) is 6.80. The van der Waals surface area contributed by atoms with Crippen LogP contribution in [0.15, 0.2) is 17.2 Å². The Hall–Kier alpha value is -0.850. The van der Waals surface area contributed by atoms with E-state index in [1.807, 2.05) is 0 Å². The molecule has 0 amide bonds. The Morgan fingerprint density at radius 3 is 2.72 bits per heavy atom. The van der Waals surface area contributed by atoms with Gasteiger partial charge in [0.15, 0.2) is 0 Å². The minimum absolute atomic E-state index is 0.149. The number of aliphatic hydroxyl groups excluding tert-OH is 1. The second-order valence-electron chi connectivity index (χ2n) is 4.86. The molecule has 6 heteroatoms. The van der Waals surface area contributed by atoms with Crippen molar-refractivity contribution >= 4 is 10.0 Å². The normalized spacial score (nSPS) is 21.6. The summed E-state index contributed by atoms with van der Waals surface area (Å²) in [5, 5.41) is 9.11.